The number of hydrogen-bond acceptors (Lipinski definition) is 5. The second-order valence-electron chi connectivity index (χ2n) is 8.41. The first-order valence-corrected chi connectivity index (χ1v) is 9.10. The number of nitrogens with one attached hydrogen (secondary N) is 1. The summed E-state index contributed by atoms with van der Waals surface area (Å²) < 4.78 is 4.95. The molecule has 1 aliphatic carbocycles. The molecule has 0 saturated carbocycles. The Kier molecular flexibility index (Phi) is 4.41. The van der Waals surface area contributed by atoms with Gasteiger partial charge in [0, 0.05) is 0 Å². The van der Waals surface area contributed by atoms with Crippen LogP contribution in [0.1, 0.15) is 47.5 Å². The molecular formula is C20H27N3O3. The van der Waals surface area contributed by atoms with Crippen molar-refractivity contribution in [3.05, 3.63) is 23.3 Å². The Morgan fingerprint density at radius 3 is 2.62 bits per heavy atom. The van der Waals surface area contributed by atoms with E-state index in [1.54, 1.807) is 0 Å². The molecule has 2 aliphatic heterocycles. The molecule has 1 amide bonds. The van der Waals surface area contributed by atoms with E-state index >= 15 is 0 Å². The van der Waals surface area contributed by atoms with E-state index in [0.29, 0.717) is 17.1 Å². The van der Waals surface area contributed by atoms with Gasteiger partial charge in [-0.05, 0) is 42.7 Å². The molecule has 0 radical (unpaired) electrons. The second kappa shape index (κ2) is 6.18. The summed E-state index contributed by atoms with van der Waals surface area (Å²) in [5.74, 6) is -0.295. The fourth-order valence-electron chi connectivity index (χ4n) is 3.63. The molecular weight excluding hydrogens is 330 g/mol. The van der Waals surface area contributed by atoms with E-state index in [4.69, 9.17) is 9.73 Å². The Hall–Kier alpha value is -2.24. The fourth-order valence-corrected chi connectivity index (χ4v) is 3.63. The van der Waals surface area contributed by atoms with Crippen molar-refractivity contribution in [2.24, 2.45) is 21.3 Å². The molecule has 6 heteroatoms. The Balaban J connectivity index is 2.07. The number of fused-ring (bicyclic) bond motifs is 1. The molecule has 6 nitrogen and oxygen atoms in total. The van der Waals surface area contributed by atoms with Gasteiger partial charge in [-0.2, -0.15) is 4.99 Å². The first-order chi connectivity index (χ1) is 12.1. The van der Waals surface area contributed by atoms with E-state index in [-0.39, 0.29) is 23.3 Å². The number of amides is 1. The number of ether oxygens (including phenoxy) is 1. The second-order valence-corrected chi connectivity index (χ2v) is 8.41. The van der Waals surface area contributed by atoms with Gasteiger partial charge < -0.3 is 10.1 Å². The van der Waals surface area contributed by atoms with Crippen molar-refractivity contribution in [1.29, 1.82) is 0 Å². The van der Waals surface area contributed by atoms with E-state index in [9.17, 15) is 9.59 Å². The van der Waals surface area contributed by atoms with Crippen LogP contribution in [0, 0.1) is 11.3 Å². The standard InChI is InChI=1S/C20H27N3O3/c1-11(2)20(5)18(25)22-16(23-20)14-13(17(24)26-6)10-12-8-7-9-19(3,4)15(12)21-14/h8,10-11,15H,7,9H2,1-6H3,(H,22,23,25). The molecule has 2 atom stereocenters. The van der Waals surface area contributed by atoms with Crippen LogP contribution in [0.2, 0.25) is 0 Å². The van der Waals surface area contributed by atoms with Gasteiger partial charge in [-0.3, -0.25) is 9.79 Å². The van der Waals surface area contributed by atoms with Gasteiger partial charge in [0.15, 0.2) is 5.84 Å². The zero-order valence-electron chi connectivity index (χ0n) is 16.3. The number of carbonyl (C=O) groups is 2. The zero-order valence-corrected chi connectivity index (χ0v) is 16.3. The maximum Gasteiger partial charge on any atom is 0.340 e. The lowest BCUT2D eigenvalue weighted by Gasteiger charge is -2.38. The monoisotopic (exact) mass is 357 g/mol. The Morgan fingerprint density at radius 1 is 1.35 bits per heavy atom. The number of allylic oxidation sites excluding steroid dienone is 1. The number of dihydropyridines is 1. The molecule has 3 rings (SSSR count). The van der Waals surface area contributed by atoms with Crippen LogP contribution in [0.3, 0.4) is 0 Å². The summed E-state index contributed by atoms with van der Waals surface area (Å²) in [6, 6.07) is -0.0647. The van der Waals surface area contributed by atoms with Crippen LogP contribution in [0.4, 0.5) is 0 Å². The SMILES string of the molecule is COC(=O)C1=CC2=CCCC(C)(C)C2N=C1C1=NC(=O)C(C)(C(C)C)N1. The van der Waals surface area contributed by atoms with Crippen molar-refractivity contribution in [1.82, 2.24) is 5.32 Å². The molecule has 2 unspecified atom stereocenters. The predicted octanol–water partition coefficient (Wildman–Crippen LogP) is 2.60. The summed E-state index contributed by atoms with van der Waals surface area (Å²) in [5, 5.41) is 3.22. The molecule has 3 aliphatic rings. The van der Waals surface area contributed by atoms with Gasteiger partial charge in [-0.1, -0.05) is 33.8 Å². The summed E-state index contributed by atoms with van der Waals surface area (Å²) >= 11 is 0. The first-order valence-electron chi connectivity index (χ1n) is 9.10. The molecule has 0 fully saturated rings. The van der Waals surface area contributed by atoms with E-state index in [0.717, 1.165) is 18.4 Å². The number of carbonyl (C=O) groups excluding carboxylic acids is 2. The van der Waals surface area contributed by atoms with Gasteiger partial charge in [0.1, 0.15) is 11.3 Å². The molecule has 0 bridgehead atoms. The minimum absolute atomic E-state index is 0.0298. The van der Waals surface area contributed by atoms with Crippen molar-refractivity contribution in [3.8, 4) is 0 Å². The lowest BCUT2D eigenvalue weighted by molar-refractivity contribution is -0.135. The molecule has 2 heterocycles. The Bertz CT molecular complexity index is 786. The largest absolute Gasteiger partial charge is 0.465 e. The molecule has 0 spiro atoms. The molecule has 26 heavy (non-hydrogen) atoms. The van der Waals surface area contributed by atoms with Gasteiger partial charge in [-0.15, -0.1) is 0 Å². The van der Waals surface area contributed by atoms with Crippen LogP contribution in [-0.2, 0) is 14.3 Å². The number of nitrogens with zero attached hydrogens (tertiary/aromatic N) is 2. The number of amidine groups is 1. The van der Waals surface area contributed by atoms with Crippen molar-refractivity contribution >= 4 is 23.4 Å². The molecule has 0 aromatic rings. The molecule has 140 valence electrons. The van der Waals surface area contributed by atoms with Crippen molar-refractivity contribution in [3.63, 3.8) is 0 Å². The average molecular weight is 357 g/mol. The highest BCUT2D eigenvalue weighted by atomic mass is 16.5. The molecule has 1 N–H and O–H groups in total. The van der Waals surface area contributed by atoms with Gasteiger partial charge in [-0.25, -0.2) is 4.79 Å². The molecule has 0 aromatic heterocycles. The summed E-state index contributed by atoms with van der Waals surface area (Å²) in [7, 11) is 1.35. The van der Waals surface area contributed by atoms with Crippen LogP contribution in [0.5, 0.6) is 0 Å². The van der Waals surface area contributed by atoms with Crippen LogP contribution in [-0.4, -0.2) is 42.1 Å². The number of esters is 1. The van der Waals surface area contributed by atoms with Gasteiger partial charge in [0.25, 0.3) is 5.91 Å². The van der Waals surface area contributed by atoms with Gasteiger partial charge in [0.2, 0.25) is 0 Å². The fraction of sp³-hybridized carbons (Fsp3) is 0.600. The first kappa shape index (κ1) is 18.5. The normalized spacial score (nSPS) is 30.0. The van der Waals surface area contributed by atoms with Crippen LogP contribution < -0.4 is 5.32 Å². The van der Waals surface area contributed by atoms with Crippen LogP contribution in [0.25, 0.3) is 0 Å². The quantitative estimate of drug-likeness (QED) is 0.787. The zero-order chi connectivity index (χ0) is 19.3. The maximum atomic E-state index is 12.5. The van der Waals surface area contributed by atoms with Crippen molar-refractivity contribution < 1.29 is 14.3 Å². The number of aliphatic imine (C=N–C) groups is 2. The number of hydrogen-bond donors (Lipinski definition) is 1. The molecule has 0 aromatic carbocycles. The van der Waals surface area contributed by atoms with Gasteiger partial charge in [0.05, 0.1) is 18.7 Å². The van der Waals surface area contributed by atoms with Crippen LogP contribution in [0.15, 0.2) is 33.3 Å². The minimum atomic E-state index is -0.794. The third kappa shape index (κ3) is 2.81. The Morgan fingerprint density at radius 2 is 2.04 bits per heavy atom. The van der Waals surface area contributed by atoms with Gasteiger partial charge >= 0.3 is 5.97 Å². The van der Waals surface area contributed by atoms with Crippen molar-refractivity contribution in [2.75, 3.05) is 7.11 Å². The summed E-state index contributed by atoms with van der Waals surface area (Å²) in [6.07, 6.45) is 5.95. The van der Waals surface area contributed by atoms with E-state index in [1.165, 1.54) is 7.11 Å². The van der Waals surface area contributed by atoms with E-state index in [2.05, 4.69) is 30.2 Å². The smallest absolute Gasteiger partial charge is 0.340 e. The third-order valence-electron chi connectivity index (χ3n) is 5.87. The predicted molar refractivity (Wildman–Crippen MR) is 101 cm³/mol. The lowest BCUT2D eigenvalue weighted by Crippen LogP contribution is -2.52. The molecule has 0 saturated heterocycles. The lowest BCUT2D eigenvalue weighted by atomic mass is 9.71. The van der Waals surface area contributed by atoms with Crippen LogP contribution >= 0.6 is 0 Å². The minimum Gasteiger partial charge on any atom is -0.465 e. The summed E-state index contributed by atoms with van der Waals surface area (Å²) in [5.41, 5.74) is 0.975. The summed E-state index contributed by atoms with van der Waals surface area (Å²) in [6.45, 7) is 10.1. The Labute approximate surface area is 154 Å². The maximum absolute atomic E-state index is 12.5. The van der Waals surface area contributed by atoms with Crippen molar-refractivity contribution in [2.45, 2.75) is 59.0 Å². The average Bonchev–Trinajstić information content (AvgIpc) is 2.89. The topological polar surface area (TPSA) is 80.1 Å². The highest BCUT2D eigenvalue weighted by molar-refractivity contribution is 6.55. The number of methoxy groups -OCH3 is 1. The van der Waals surface area contributed by atoms with E-state index < -0.39 is 11.5 Å². The van der Waals surface area contributed by atoms with E-state index in [1.807, 2.05) is 26.8 Å². The third-order valence-corrected chi connectivity index (χ3v) is 5.87. The number of rotatable bonds is 3. The highest BCUT2D eigenvalue weighted by Crippen LogP contribution is 2.41. The summed E-state index contributed by atoms with van der Waals surface area (Å²) in [4.78, 5) is 34.0. The highest BCUT2D eigenvalue weighted by Gasteiger charge is 2.46.